The minimum absolute atomic E-state index is 0.0296. The smallest absolute Gasteiger partial charge is 0.478 e. The summed E-state index contributed by atoms with van der Waals surface area (Å²) in [4.78, 5) is 22.0. The van der Waals surface area contributed by atoms with Gasteiger partial charge in [0.25, 0.3) is 0 Å². The van der Waals surface area contributed by atoms with Crippen molar-refractivity contribution < 1.29 is 24.2 Å². The van der Waals surface area contributed by atoms with Gasteiger partial charge in [0.15, 0.2) is 5.75 Å². The van der Waals surface area contributed by atoms with Crippen LogP contribution < -0.4 is 16.2 Å². The highest BCUT2D eigenvalue weighted by Crippen LogP contribution is 2.22. The first-order chi connectivity index (χ1) is 8.40. The van der Waals surface area contributed by atoms with E-state index in [0.717, 1.165) is 0 Å². The van der Waals surface area contributed by atoms with E-state index in [9.17, 15) is 9.59 Å². The number of carbonyl (C=O) groups is 2. The fourth-order valence-electron chi connectivity index (χ4n) is 1.05. The number of rotatable bonds is 4. The molecule has 96 valence electrons. The normalized spacial score (nSPS) is 9.56. The van der Waals surface area contributed by atoms with E-state index in [-0.39, 0.29) is 28.6 Å². The molecule has 0 fully saturated rings. The third-order valence-electron chi connectivity index (χ3n) is 1.76. The van der Waals surface area contributed by atoms with Gasteiger partial charge in [0, 0.05) is 11.8 Å². The van der Waals surface area contributed by atoms with E-state index < -0.39 is 12.1 Å². The third kappa shape index (κ3) is 3.91. The van der Waals surface area contributed by atoms with E-state index in [1.54, 1.807) is 0 Å². The Bertz CT molecular complexity index is 503. The maximum atomic E-state index is 11.2. The number of anilines is 1. The van der Waals surface area contributed by atoms with Gasteiger partial charge in [-0.3, -0.25) is 0 Å². The Kier molecular flexibility index (Phi) is 4.44. The molecule has 0 aliphatic heterocycles. The van der Waals surface area contributed by atoms with E-state index in [4.69, 9.17) is 21.3 Å². The van der Waals surface area contributed by atoms with Gasteiger partial charge in [-0.25, -0.2) is 9.59 Å². The van der Waals surface area contributed by atoms with Crippen molar-refractivity contribution in [3.8, 4) is 5.75 Å². The molecule has 18 heavy (non-hydrogen) atoms. The Morgan fingerprint density at radius 3 is 2.61 bits per heavy atom. The van der Waals surface area contributed by atoms with Crippen LogP contribution in [0.1, 0.15) is 10.4 Å². The lowest BCUT2D eigenvalue weighted by Gasteiger charge is -2.08. The molecule has 1 rings (SSSR count). The molecule has 0 heterocycles. The summed E-state index contributed by atoms with van der Waals surface area (Å²) in [6, 6.07) is 3.79. The number of thiocarbonyl (C=S) groups is 1. The van der Waals surface area contributed by atoms with Crippen molar-refractivity contribution in [2.24, 2.45) is 5.73 Å². The summed E-state index contributed by atoms with van der Waals surface area (Å²) in [7, 11) is 0. The maximum Gasteiger partial charge on any atom is 0.514 e. The zero-order valence-electron chi connectivity index (χ0n) is 9.08. The molecule has 0 spiro atoms. The fraction of sp³-hybridized carbons (Fsp3) is 0.100. The van der Waals surface area contributed by atoms with Crippen molar-refractivity contribution in [3.63, 3.8) is 0 Å². The molecule has 0 amide bonds. The number of carbonyl (C=O) groups excluding carboxylic acids is 1. The zero-order chi connectivity index (χ0) is 13.7. The third-order valence-corrected chi connectivity index (χ3v) is 1.88. The van der Waals surface area contributed by atoms with E-state index in [1.807, 2.05) is 0 Å². The Morgan fingerprint density at radius 1 is 1.39 bits per heavy atom. The molecule has 0 unspecified atom stereocenters. The second kappa shape index (κ2) is 5.82. The molecule has 0 aromatic heterocycles. The Balaban J connectivity index is 2.82. The number of hydrogen-bond acceptors (Lipinski definition) is 6. The quantitative estimate of drug-likeness (QED) is 0.317. The Morgan fingerprint density at radius 2 is 2.06 bits per heavy atom. The summed E-state index contributed by atoms with van der Waals surface area (Å²) in [6.07, 6.45) is -1.11. The summed E-state index contributed by atoms with van der Waals surface area (Å²) in [6.45, 7) is -0.293. The standard InChI is InChI=1S/C10H10N2O5S/c11-5-1-2-6(9(13)14)7(3-5)17-10(15)16-4-8(12)18/h1-3H,4,11H2,(H2,12,18)(H,13,14). The Labute approximate surface area is 107 Å². The van der Waals surface area contributed by atoms with Crippen molar-refractivity contribution in [3.05, 3.63) is 23.8 Å². The molecule has 7 nitrogen and oxygen atoms in total. The van der Waals surface area contributed by atoms with E-state index in [0.29, 0.717) is 0 Å². The highest BCUT2D eigenvalue weighted by molar-refractivity contribution is 7.80. The molecule has 8 heteroatoms. The van der Waals surface area contributed by atoms with Crippen LogP contribution in [-0.4, -0.2) is 28.8 Å². The number of nitrogen functional groups attached to an aromatic ring is 1. The van der Waals surface area contributed by atoms with Crippen LogP contribution in [0.15, 0.2) is 18.2 Å². The highest BCUT2D eigenvalue weighted by atomic mass is 32.1. The van der Waals surface area contributed by atoms with E-state index in [2.05, 4.69) is 17.0 Å². The van der Waals surface area contributed by atoms with Crippen LogP contribution in [0.5, 0.6) is 5.75 Å². The predicted octanol–water partition coefficient (Wildman–Crippen LogP) is 0.768. The van der Waals surface area contributed by atoms with Crippen LogP contribution in [0.2, 0.25) is 0 Å². The monoisotopic (exact) mass is 270 g/mol. The number of benzene rings is 1. The van der Waals surface area contributed by atoms with E-state index >= 15 is 0 Å². The lowest BCUT2D eigenvalue weighted by Crippen LogP contribution is -2.21. The Hall–Kier alpha value is -2.35. The largest absolute Gasteiger partial charge is 0.514 e. The molecule has 0 atom stereocenters. The van der Waals surface area contributed by atoms with Gasteiger partial charge >= 0.3 is 12.1 Å². The molecule has 5 N–H and O–H groups in total. The van der Waals surface area contributed by atoms with Gasteiger partial charge in [-0.2, -0.15) is 0 Å². The molecule has 0 bridgehead atoms. The summed E-state index contributed by atoms with van der Waals surface area (Å²) in [5, 5.41) is 8.87. The number of aromatic carboxylic acids is 1. The molecular weight excluding hydrogens is 260 g/mol. The number of carboxylic acid groups (broad SMARTS) is 1. The molecule has 0 aliphatic rings. The number of hydrogen-bond donors (Lipinski definition) is 3. The van der Waals surface area contributed by atoms with Crippen LogP contribution >= 0.6 is 12.2 Å². The highest BCUT2D eigenvalue weighted by Gasteiger charge is 2.15. The topological polar surface area (TPSA) is 125 Å². The van der Waals surface area contributed by atoms with Crippen molar-refractivity contribution in [2.45, 2.75) is 0 Å². The van der Waals surface area contributed by atoms with Crippen LogP contribution in [0.3, 0.4) is 0 Å². The predicted molar refractivity (Wildman–Crippen MR) is 66.6 cm³/mol. The first-order valence-electron chi connectivity index (χ1n) is 4.66. The zero-order valence-corrected chi connectivity index (χ0v) is 9.90. The summed E-state index contributed by atoms with van der Waals surface area (Å²) in [5.74, 6) is -1.47. The lowest BCUT2D eigenvalue weighted by atomic mass is 10.2. The molecule has 0 aliphatic carbocycles. The van der Waals surface area contributed by atoms with Crippen LogP contribution in [0, 0.1) is 0 Å². The lowest BCUT2D eigenvalue weighted by molar-refractivity contribution is 0.0691. The van der Waals surface area contributed by atoms with Crippen LogP contribution in [0.4, 0.5) is 10.5 Å². The maximum absolute atomic E-state index is 11.2. The average Bonchev–Trinajstić information content (AvgIpc) is 2.26. The molecule has 1 aromatic rings. The van der Waals surface area contributed by atoms with Gasteiger partial charge in [0.05, 0.1) is 0 Å². The number of nitrogens with two attached hydrogens (primary N) is 2. The molecule has 1 aromatic carbocycles. The molecule has 0 saturated heterocycles. The van der Waals surface area contributed by atoms with Crippen molar-refractivity contribution >= 4 is 35.0 Å². The second-order valence-electron chi connectivity index (χ2n) is 3.17. The van der Waals surface area contributed by atoms with Gasteiger partial charge in [-0.05, 0) is 12.1 Å². The minimum atomic E-state index is -1.26. The van der Waals surface area contributed by atoms with Crippen molar-refractivity contribution in [1.82, 2.24) is 0 Å². The molecule has 0 saturated carbocycles. The summed E-state index contributed by atoms with van der Waals surface area (Å²) < 4.78 is 9.22. The number of carboxylic acids is 1. The average molecular weight is 270 g/mol. The van der Waals surface area contributed by atoms with Crippen molar-refractivity contribution in [2.75, 3.05) is 12.3 Å². The van der Waals surface area contributed by atoms with Gasteiger partial charge in [-0.1, -0.05) is 12.2 Å². The molecule has 0 radical (unpaired) electrons. The van der Waals surface area contributed by atoms with E-state index in [1.165, 1.54) is 18.2 Å². The SMILES string of the molecule is NC(=S)COC(=O)Oc1cc(N)ccc1C(=O)O. The molecular formula is C10H10N2O5S. The number of ether oxygens (including phenoxy) is 2. The van der Waals surface area contributed by atoms with Gasteiger partial charge in [0.1, 0.15) is 17.2 Å². The van der Waals surface area contributed by atoms with Gasteiger partial charge in [0.2, 0.25) is 0 Å². The van der Waals surface area contributed by atoms with Crippen molar-refractivity contribution in [1.29, 1.82) is 0 Å². The first kappa shape index (κ1) is 13.7. The fourth-order valence-corrected chi connectivity index (χ4v) is 1.11. The van der Waals surface area contributed by atoms with Gasteiger partial charge < -0.3 is 26.0 Å². The first-order valence-corrected chi connectivity index (χ1v) is 5.06. The minimum Gasteiger partial charge on any atom is -0.478 e. The second-order valence-corrected chi connectivity index (χ2v) is 3.69. The summed E-state index contributed by atoms with van der Waals surface area (Å²) in [5.41, 5.74) is 10.6. The summed E-state index contributed by atoms with van der Waals surface area (Å²) >= 11 is 4.50. The van der Waals surface area contributed by atoms with Crippen LogP contribution in [0.25, 0.3) is 0 Å². The van der Waals surface area contributed by atoms with Gasteiger partial charge in [-0.15, -0.1) is 0 Å². The van der Waals surface area contributed by atoms with Crippen LogP contribution in [-0.2, 0) is 4.74 Å².